The van der Waals surface area contributed by atoms with Crippen LogP contribution in [0.2, 0.25) is 0 Å². The molecule has 0 saturated carbocycles. The molecule has 2 unspecified atom stereocenters. The Morgan fingerprint density at radius 3 is 0.940 bits per heavy atom. The molecule has 0 aliphatic rings. The van der Waals surface area contributed by atoms with E-state index in [1.807, 2.05) is 21.1 Å². The summed E-state index contributed by atoms with van der Waals surface area (Å²) in [7, 11) is 1.50. The van der Waals surface area contributed by atoms with Gasteiger partial charge in [-0.25, -0.2) is 4.57 Å². The first-order valence-electron chi connectivity index (χ1n) is 37.1. The summed E-state index contributed by atoms with van der Waals surface area (Å²) in [5.74, 6) is -0.770. The third-order valence-electron chi connectivity index (χ3n) is 17.0. The van der Waals surface area contributed by atoms with E-state index in [0.29, 0.717) is 17.4 Å². The van der Waals surface area contributed by atoms with Crippen LogP contribution in [0.5, 0.6) is 0 Å². The molecule has 0 fully saturated rings. The molecule has 0 bridgehead atoms. The van der Waals surface area contributed by atoms with Gasteiger partial charge in [-0.1, -0.05) is 353 Å². The molecule has 84 heavy (non-hydrogen) atoms. The topological polar surface area (TPSA) is 108 Å². The first-order chi connectivity index (χ1) is 41.0. The van der Waals surface area contributed by atoms with Crippen LogP contribution in [0.1, 0.15) is 386 Å². The fourth-order valence-corrected chi connectivity index (χ4v) is 12.0. The highest BCUT2D eigenvalue weighted by Gasteiger charge is 2.27. The molecule has 2 atom stereocenters. The summed E-state index contributed by atoms with van der Waals surface area (Å²) < 4.78 is 34.8. The zero-order valence-corrected chi connectivity index (χ0v) is 57.8. The van der Waals surface area contributed by atoms with Crippen molar-refractivity contribution >= 4 is 19.8 Å². The number of nitrogens with zero attached hydrogens (tertiary/aromatic N) is 1. The summed E-state index contributed by atoms with van der Waals surface area (Å²) in [6.45, 7) is 4.51. The molecule has 9 nitrogen and oxygen atoms in total. The van der Waals surface area contributed by atoms with E-state index in [-0.39, 0.29) is 25.6 Å². The number of rotatable bonds is 70. The minimum atomic E-state index is -4.39. The Labute approximate surface area is 523 Å². The lowest BCUT2D eigenvalue weighted by Crippen LogP contribution is -2.37. The Balaban J connectivity index is 3.91. The predicted octanol–water partition coefficient (Wildman–Crippen LogP) is 24.1. The van der Waals surface area contributed by atoms with Gasteiger partial charge in [0.2, 0.25) is 0 Å². The normalized spacial score (nSPS) is 13.2. The fourth-order valence-electron chi connectivity index (χ4n) is 11.3. The average Bonchev–Trinajstić information content (AvgIpc) is 3.61. The van der Waals surface area contributed by atoms with Gasteiger partial charge in [0.15, 0.2) is 6.10 Å². The highest BCUT2D eigenvalue weighted by atomic mass is 31.2. The molecule has 0 aliphatic carbocycles. The zero-order valence-electron chi connectivity index (χ0n) is 56.9. The quantitative estimate of drug-likeness (QED) is 0.0211. The Morgan fingerprint density at radius 1 is 0.369 bits per heavy atom. The van der Waals surface area contributed by atoms with E-state index in [1.54, 1.807) is 0 Å². The standard InChI is InChI=1S/C74H144NO8P/c1-6-8-10-12-14-16-18-20-22-24-26-28-30-31-32-33-34-35-36-37-38-39-40-41-42-43-45-47-49-51-53-55-57-59-61-63-65-67-74(77)83-72(71-82-84(78,79)81-69-68-75(3,4)5)70-80-73(76)66-64-62-60-58-56-54-52-50-48-46-44-29-27-25-23-21-19-17-15-13-11-9-7-2/h18,20,24,26,72H,6-17,19,21-23,25,27-71H2,1-5H3/p+1/b20-18-,26-24-. The van der Waals surface area contributed by atoms with Crippen molar-refractivity contribution < 1.29 is 42.1 Å². The van der Waals surface area contributed by atoms with Crippen LogP contribution in [0.3, 0.4) is 0 Å². The maximum absolute atomic E-state index is 12.9. The molecule has 0 radical (unpaired) electrons. The van der Waals surface area contributed by atoms with Crippen LogP contribution in [0.25, 0.3) is 0 Å². The molecule has 0 aromatic rings. The van der Waals surface area contributed by atoms with Crippen molar-refractivity contribution in [2.24, 2.45) is 0 Å². The number of phosphoric ester groups is 1. The van der Waals surface area contributed by atoms with Crippen LogP contribution in [-0.2, 0) is 32.7 Å². The number of phosphoric acid groups is 1. The molecule has 0 heterocycles. The Hall–Kier alpha value is -1.51. The van der Waals surface area contributed by atoms with Gasteiger partial charge in [0, 0.05) is 12.8 Å². The van der Waals surface area contributed by atoms with E-state index in [1.165, 1.54) is 315 Å². The van der Waals surface area contributed by atoms with Gasteiger partial charge in [0.25, 0.3) is 0 Å². The van der Waals surface area contributed by atoms with E-state index < -0.39 is 26.5 Å². The number of unbranched alkanes of at least 4 members (excludes halogenated alkanes) is 52. The number of likely N-dealkylation sites (N-methyl/N-ethyl adjacent to an activating group) is 1. The van der Waals surface area contributed by atoms with E-state index in [4.69, 9.17) is 18.5 Å². The lowest BCUT2D eigenvalue weighted by atomic mass is 10.0. The number of carbonyl (C=O) groups is 2. The molecule has 0 saturated heterocycles. The van der Waals surface area contributed by atoms with Crippen molar-refractivity contribution in [3.8, 4) is 0 Å². The zero-order chi connectivity index (χ0) is 61.2. The third kappa shape index (κ3) is 69.6. The van der Waals surface area contributed by atoms with Crippen molar-refractivity contribution in [2.45, 2.75) is 392 Å². The molecule has 0 amide bonds. The highest BCUT2D eigenvalue weighted by Crippen LogP contribution is 2.43. The number of esters is 2. The molecule has 498 valence electrons. The molecular weight excluding hydrogens is 1060 g/mol. The summed E-state index contributed by atoms with van der Waals surface area (Å²) in [5.41, 5.74) is 0. The van der Waals surface area contributed by atoms with Gasteiger partial charge in [-0.05, 0) is 44.9 Å². The van der Waals surface area contributed by atoms with Crippen molar-refractivity contribution in [3.63, 3.8) is 0 Å². The average molecular weight is 1210 g/mol. The van der Waals surface area contributed by atoms with Gasteiger partial charge in [0.1, 0.15) is 19.8 Å². The smallest absolute Gasteiger partial charge is 0.462 e. The van der Waals surface area contributed by atoms with Crippen LogP contribution in [0.15, 0.2) is 24.3 Å². The highest BCUT2D eigenvalue weighted by molar-refractivity contribution is 7.47. The number of allylic oxidation sites excluding steroid dienone is 4. The van der Waals surface area contributed by atoms with E-state index in [0.717, 1.165) is 44.9 Å². The second-order valence-electron chi connectivity index (χ2n) is 26.7. The number of carbonyl (C=O) groups excluding carboxylic acids is 2. The van der Waals surface area contributed by atoms with E-state index >= 15 is 0 Å². The number of quaternary nitrogens is 1. The van der Waals surface area contributed by atoms with Crippen molar-refractivity contribution in [1.29, 1.82) is 0 Å². The monoisotopic (exact) mass is 1210 g/mol. The summed E-state index contributed by atoms with van der Waals surface area (Å²) >= 11 is 0. The van der Waals surface area contributed by atoms with Crippen LogP contribution >= 0.6 is 7.82 Å². The number of hydrogen-bond donors (Lipinski definition) is 1. The Morgan fingerprint density at radius 2 is 0.643 bits per heavy atom. The third-order valence-corrected chi connectivity index (χ3v) is 18.0. The molecule has 0 aromatic carbocycles. The lowest BCUT2D eigenvalue weighted by Gasteiger charge is -2.24. The minimum Gasteiger partial charge on any atom is -0.462 e. The van der Waals surface area contributed by atoms with Crippen LogP contribution < -0.4 is 0 Å². The van der Waals surface area contributed by atoms with Gasteiger partial charge in [-0.2, -0.15) is 0 Å². The largest absolute Gasteiger partial charge is 0.472 e. The SMILES string of the molecule is CCCCCCC/C=C\C/C=C\CCCCCCCCCCCCCCCCCCCCCCCCCCCC(=O)OC(COC(=O)CCCCCCCCCCCCCCCCCCCCCCCCC)COP(=O)(O)OCC[N+](C)(C)C. The second-order valence-corrected chi connectivity index (χ2v) is 28.1. The summed E-state index contributed by atoms with van der Waals surface area (Å²) in [5, 5.41) is 0. The van der Waals surface area contributed by atoms with E-state index in [9.17, 15) is 19.0 Å². The Kier molecular flexibility index (Phi) is 64.7. The molecule has 0 spiro atoms. The van der Waals surface area contributed by atoms with E-state index in [2.05, 4.69) is 38.2 Å². The first-order valence-corrected chi connectivity index (χ1v) is 38.6. The molecule has 10 heteroatoms. The molecule has 0 rings (SSSR count). The van der Waals surface area contributed by atoms with Crippen LogP contribution in [0, 0.1) is 0 Å². The maximum atomic E-state index is 12.9. The van der Waals surface area contributed by atoms with Crippen molar-refractivity contribution in [2.75, 3.05) is 47.5 Å². The number of hydrogen-bond acceptors (Lipinski definition) is 7. The summed E-state index contributed by atoms with van der Waals surface area (Å²) in [6.07, 6.45) is 83.1. The summed E-state index contributed by atoms with van der Waals surface area (Å²) in [6, 6.07) is 0. The molecular formula is C74H145NO8P+. The Bertz CT molecular complexity index is 1460. The van der Waals surface area contributed by atoms with Crippen molar-refractivity contribution in [3.05, 3.63) is 24.3 Å². The fraction of sp³-hybridized carbons (Fsp3) is 0.919. The predicted molar refractivity (Wildman–Crippen MR) is 363 cm³/mol. The lowest BCUT2D eigenvalue weighted by molar-refractivity contribution is -0.870. The molecule has 1 N–H and O–H groups in total. The molecule has 0 aromatic heterocycles. The van der Waals surface area contributed by atoms with Crippen LogP contribution in [-0.4, -0.2) is 74.9 Å². The van der Waals surface area contributed by atoms with Gasteiger partial charge in [0.05, 0.1) is 27.7 Å². The van der Waals surface area contributed by atoms with Crippen LogP contribution in [0.4, 0.5) is 0 Å². The minimum absolute atomic E-state index is 0.0364. The maximum Gasteiger partial charge on any atom is 0.472 e. The van der Waals surface area contributed by atoms with Crippen molar-refractivity contribution in [1.82, 2.24) is 0 Å². The molecule has 0 aliphatic heterocycles. The second kappa shape index (κ2) is 65.9. The van der Waals surface area contributed by atoms with Gasteiger partial charge >= 0.3 is 19.8 Å². The van der Waals surface area contributed by atoms with Gasteiger partial charge in [-0.15, -0.1) is 0 Å². The van der Waals surface area contributed by atoms with Gasteiger partial charge < -0.3 is 18.9 Å². The van der Waals surface area contributed by atoms with Gasteiger partial charge in [-0.3, -0.25) is 18.6 Å². The number of ether oxygens (including phenoxy) is 2. The summed E-state index contributed by atoms with van der Waals surface area (Å²) in [4.78, 5) is 35.9. The first kappa shape index (κ1) is 82.5.